The smallest absolute Gasteiger partial charge is 0.0804 e. The van der Waals surface area contributed by atoms with Crippen LogP contribution < -0.4 is 9.80 Å². The second kappa shape index (κ2) is 12.2. The zero-order valence-electron chi connectivity index (χ0n) is 32.0. The molecular weight excluding hydrogens is 681 g/mol. The van der Waals surface area contributed by atoms with Crippen LogP contribution in [0.25, 0.3) is 54.6 Å². The molecule has 0 atom stereocenters. The fraction of sp³-hybridized carbons (Fsp3) is 0.0769. The van der Waals surface area contributed by atoms with Crippen LogP contribution in [0.4, 0.5) is 34.1 Å². The Labute approximate surface area is 326 Å². The summed E-state index contributed by atoms with van der Waals surface area (Å²) in [6.07, 6.45) is 0. The molecule has 0 aliphatic carbocycles. The minimum absolute atomic E-state index is 1.17. The van der Waals surface area contributed by atoms with Crippen LogP contribution in [0, 0.1) is 27.7 Å². The second-order valence-corrected chi connectivity index (χ2v) is 15.2. The first-order valence-electron chi connectivity index (χ1n) is 19.5. The maximum absolute atomic E-state index is 2.54. The summed E-state index contributed by atoms with van der Waals surface area (Å²) in [6.45, 7) is 8.86. The number of fused-ring (bicyclic) bond motifs is 8. The Kier molecular flexibility index (Phi) is 7.08. The van der Waals surface area contributed by atoms with Crippen molar-refractivity contribution in [3.63, 3.8) is 0 Å². The largest absolute Gasteiger partial charge is 0.309 e. The van der Waals surface area contributed by atoms with Crippen molar-refractivity contribution in [3.8, 4) is 0 Å². The number of rotatable bonds is 6. The lowest BCUT2D eigenvalue weighted by Crippen LogP contribution is -2.13. The lowest BCUT2D eigenvalue weighted by molar-refractivity contribution is 1.22. The van der Waals surface area contributed by atoms with Crippen molar-refractivity contribution in [1.29, 1.82) is 0 Å². The van der Waals surface area contributed by atoms with E-state index in [2.05, 4.69) is 216 Å². The second-order valence-electron chi connectivity index (χ2n) is 15.2. The minimum atomic E-state index is 1.17. The Balaban J connectivity index is 1.32. The van der Waals surface area contributed by atoms with Gasteiger partial charge in [0.2, 0.25) is 0 Å². The Morgan fingerprint density at radius 2 is 0.589 bits per heavy atom. The molecule has 0 bridgehead atoms. The maximum atomic E-state index is 2.54. The van der Waals surface area contributed by atoms with Crippen molar-refractivity contribution in [1.82, 2.24) is 8.80 Å². The molecule has 4 nitrogen and oxygen atoms in total. The van der Waals surface area contributed by atoms with E-state index in [0.717, 1.165) is 0 Å². The van der Waals surface area contributed by atoms with Crippen LogP contribution in [0.15, 0.2) is 170 Å². The SMILES string of the molecule is Cc1ccccc1N(c1ccccc1C)c1ccc2c3c1c1ccccc1n3c1ccc(N(c3ccccc3C)c3ccccc3C)c3c4ccccc4n2c31. The van der Waals surface area contributed by atoms with Gasteiger partial charge in [-0.15, -0.1) is 0 Å². The fourth-order valence-corrected chi connectivity index (χ4v) is 9.39. The first kappa shape index (κ1) is 32.4. The number of anilines is 6. The van der Waals surface area contributed by atoms with Crippen LogP contribution in [0.2, 0.25) is 0 Å². The van der Waals surface area contributed by atoms with E-state index < -0.39 is 0 Å². The first-order valence-corrected chi connectivity index (χ1v) is 19.5. The molecule has 4 heteroatoms. The summed E-state index contributed by atoms with van der Waals surface area (Å²) in [7, 11) is 0. The summed E-state index contributed by atoms with van der Waals surface area (Å²) < 4.78 is 5.07. The standard InChI is InChI=1S/C52H40N4/c1-33-17-5-11-23-39(33)53(40-24-12-6-18-34(40)2)45-29-31-47-51-49(45)37-21-9-15-27-43(37)55(51)48-32-30-46(50-38-22-10-16-28-44(38)56(47)52(48)50)54(41-25-13-7-19-35(41)3)42-26-14-8-20-36(42)4/h5-32H,1-4H3. The molecule has 0 unspecified atom stereocenters. The van der Waals surface area contributed by atoms with Gasteiger partial charge < -0.3 is 18.6 Å². The van der Waals surface area contributed by atoms with Gasteiger partial charge >= 0.3 is 0 Å². The molecule has 3 aromatic heterocycles. The zero-order chi connectivity index (χ0) is 37.7. The van der Waals surface area contributed by atoms with E-state index in [1.165, 1.54) is 111 Å². The number of benzene rings is 8. The van der Waals surface area contributed by atoms with Crippen LogP contribution in [0.1, 0.15) is 22.3 Å². The first-order chi connectivity index (χ1) is 27.5. The van der Waals surface area contributed by atoms with Crippen LogP contribution >= 0.6 is 0 Å². The molecule has 0 aliphatic rings. The number of para-hydroxylation sites is 6. The third-order valence-electron chi connectivity index (χ3n) is 11.9. The summed E-state index contributed by atoms with van der Waals surface area (Å²) in [4.78, 5) is 4.95. The molecule has 3 heterocycles. The lowest BCUT2D eigenvalue weighted by Gasteiger charge is -2.30. The molecule has 0 aliphatic heterocycles. The molecule has 11 aromatic rings. The molecule has 268 valence electrons. The number of hydrogen-bond acceptors (Lipinski definition) is 2. The van der Waals surface area contributed by atoms with Gasteiger partial charge in [-0.2, -0.15) is 0 Å². The van der Waals surface area contributed by atoms with E-state index in [1.54, 1.807) is 0 Å². The summed E-state index contributed by atoms with van der Waals surface area (Å²) in [5.41, 5.74) is 19.2. The van der Waals surface area contributed by atoms with Gasteiger partial charge in [0.15, 0.2) is 0 Å². The Morgan fingerprint density at radius 3 is 0.929 bits per heavy atom. The quantitative estimate of drug-likeness (QED) is 0.159. The highest BCUT2D eigenvalue weighted by molar-refractivity contribution is 6.27. The molecule has 0 radical (unpaired) electrons. The van der Waals surface area contributed by atoms with Crippen LogP contribution in [0.3, 0.4) is 0 Å². The van der Waals surface area contributed by atoms with Gasteiger partial charge in [0.1, 0.15) is 0 Å². The highest BCUT2D eigenvalue weighted by Gasteiger charge is 2.28. The zero-order valence-corrected chi connectivity index (χ0v) is 32.0. The molecule has 0 fully saturated rings. The highest BCUT2D eigenvalue weighted by Crippen LogP contribution is 2.51. The Morgan fingerprint density at radius 1 is 0.286 bits per heavy atom. The molecular formula is C52H40N4. The molecule has 11 rings (SSSR count). The molecule has 0 N–H and O–H groups in total. The van der Waals surface area contributed by atoms with E-state index in [1.807, 2.05) is 0 Å². The summed E-state index contributed by atoms with van der Waals surface area (Å²) in [6, 6.07) is 62.3. The third-order valence-corrected chi connectivity index (χ3v) is 11.9. The van der Waals surface area contributed by atoms with Gasteiger partial charge in [0.25, 0.3) is 0 Å². The molecule has 56 heavy (non-hydrogen) atoms. The Hall–Kier alpha value is -7.04. The highest BCUT2D eigenvalue weighted by atomic mass is 15.2. The van der Waals surface area contributed by atoms with Crippen molar-refractivity contribution < 1.29 is 0 Å². The summed E-state index contributed by atoms with van der Waals surface area (Å²) in [5.74, 6) is 0. The average Bonchev–Trinajstić information content (AvgIpc) is 3.76. The normalized spacial score (nSPS) is 11.9. The van der Waals surface area contributed by atoms with Gasteiger partial charge in [-0.1, -0.05) is 109 Å². The average molecular weight is 721 g/mol. The number of nitrogens with zero attached hydrogens (tertiary/aromatic N) is 4. The predicted molar refractivity (Wildman–Crippen MR) is 238 cm³/mol. The van der Waals surface area contributed by atoms with E-state index in [9.17, 15) is 0 Å². The summed E-state index contributed by atoms with van der Waals surface area (Å²) >= 11 is 0. The molecule has 0 saturated heterocycles. The van der Waals surface area contributed by atoms with E-state index in [-0.39, 0.29) is 0 Å². The minimum Gasteiger partial charge on any atom is -0.309 e. The van der Waals surface area contributed by atoms with Crippen LogP contribution in [-0.4, -0.2) is 8.80 Å². The number of aromatic nitrogens is 2. The lowest BCUT2D eigenvalue weighted by atomic mass is 10.0. The van der Waals surface area contributed by atoms with Gasteiger partial charge in [-0.25, -0.2) is 0 Å². The van der Waals surface area contributed by atoms with E-state index in [4.69, 9.17) is 0 Å². The van der Waals surface area contributed by atoms with Crippen molar-refractivity contribution in [2.24, 2.45) is 0 Å². The van der Waals surface area contributed by atoms with Gasteiger partial charge in [0, 0.05) is 44.3 Å². The predicted octanol–water partition coefficient (Wildman–Crippen LogP) is 14.4. The van der Waals surface area contributed by atoms with Gasteiger partial charge in [0.05, 0.1) is 44.5 Å². The van der Waals surface area contributed by atoms with Gasteiger partial charge in [-0.05, 0) is 111 Å². The third kappa shape index (κ3) is 4.47. The number of aryl methyl sites for hydroxylation is 4. The molecule has 0 amide bonds. The van der Waals surface area contributed by atoms with Crippen LogP contribution in [-0.2, 0) is 0 Å². The Bertz CT molecular complexity index is 3010. The molecule has 0 saturated carbocycles. The molecule has 8 aromatic carbocycles. The molecule has 0 spiro atoms. The van der Waals surface area contributed by atoms with E-state index in [0.29, 0.717) is 0 Å². The summed E-state index contributed by atoms with van der Waals surface area (Å²) in [5, 5.41) is 4.96. The topological polar surface area (TPSA) is 15.3 Å². The fourth-order valence-electron chi connectivity index (χ4n) is 9.39. The number of hydrogen-bond donors (Lipinski definition) is 0. The van der Waals surface area contributed by atoms with Crippen molar-refractivity contribution in [2.75, 3.05) is 9.80 Å². The van der Waals surface area contributed by atoms with Crippen molar-refractivity contribution >= 4 is 88.8 Å². The monoisotopic (exact) mass is 720 g/mol. The van der Waals surface area contributed by atoms with Crippen molar-refractivity contribution in [3.05, 3.63) is 192 Å². The maximum Gasteiger partial charge on any atom is 0.0804 e. The van der Waals surface area contributed by atoms with E-state index >= 15 is 0 Å². The van der Waals surface area contributed by atoms with Crippen molar-refractivity contribution in [2.45, 2.75) is 27.7 Å². The van der Waals surface area contributed by atoms with Gasteiger partial charge in [-0.3, -0.25) is 0 Å². The van der Waals surface area contributed by atoms with Crippen LogP contribution in [0.5, 0.6) is 0 Å².